The van der Waals surface area contributed by atoms with Crippen LogP contribution in [0.3, 0.4) is 0 Å². The van der Waals surface area contributed by atoms with E-state index in [0.717, 1.165) is 11.4 Å². The molecule has 0 fully saturated rings. The predicted octanol–water partition coefficient (Wildman–Crippen LogP) is 2.96. The number of para-hydroxylation sites is 2. The van der Waals surface area contributed by atoms with Crippen molar-refractivity contribution < 1.29 is 4.74 Å². The van der Waals surface area contributed by atoms with E-state index >= 15 is 0 Å². The second kappa shape index (κ2) is 6.49. The molecule has 15 heavy (non-hydrogen) atoms. The number of ether oxygens (including phenoxy) is 1. The largest absolute Gasteiger partial charge is 0.497 e. The van der Waals surface area contributed by atoms with Gasteiger partial charge in [0.05, 0.1) is 7.11 Å². The normalized spacial score (nSPS) is 8.60. The molecule has 0 spiro atoms. The zero-order valence-corrected chi connectivity index (χ0v) is 8.76. The Morgan fingerprint density at radius 3 is 1.53 bits per heavy atom. The highest BCUT2D eigenvalue weighted by atomic mass is 16.5. The summed E-state index contributed by atoms with van der Waals surface area (Å²) in [6.07, 6.45) is 0. The van der Waals surface area contributed by atoms with Gasteiger partial charge in [-0.25, -0.2) is 0 Å². The molecule has 0 radical (unpaired) electrons. The van der Waals surface area contributed by atoms with Crippen LogP contribution in [0.25, 0.3) is 0 Å². The number of nitrogen functional groups attached to an aromatic ring is 1. The van der Waals surface area contributed by atoms with E-state index in [0.29, 0.717) is 0 Å². The topological polar surface area (TPSA) is 35.2 Å². The van der Waals surface area contributed by atoms with Gasteiger partial charge in [-0.05, 0) is 24.3 Å². The van der Waals surface area contributed by atoms with Crippen molar-refractivity contribution in [2.24, 2.45) is 0 Å². The first-order chi connectivity index (χ1) is 7.33. The highest BCUT2D eigenvalue weighted by Crippen LogP contribution is 2.05. The molecule has 0 aliphatic rings. The minimum atomic E-state index is 0.822. The monoisotopic (exact) mass is 201 g/mol. The number of methoxy groups -OCH3 is 1. The van der Waals surface area contributed by atoms with Crippen LogP contribution in [0, 0.1) is 0 Å². The van der Waals surface area contributed by atoms with Crippen molar-refractivity contribution >= 4 is 5.69 Å². The molecule has 0 bridgehead atoms. The molecule has 0 unspecified atom stereocenters. The van der Waals surface area contributed by atoms with Gasteiger partial charge in [-0.2, -0.15) is 0 Å². The molecule has 2 rings (SSSR count). The average Bonchev–Trinajstić information content (AvgIpc) is 2.32. The van der Waals surface area contributed by atoms with E-state index in [1.165, 1.54) is 0 Å². The molecule has 2 N–H and O–H groups in total. The Morgan fingerprint density at radius 2 is 1.27 bits per heavy atom. The number of hydrogen-bond donors (Lipinski definition) is 1. The molecule has 2 aromatic carbocycles. The van der Waals surface area contributed by atoms with Crippen LogP contribution in [0.5, 0.6) is 5.75 Å². The minimum absolute atomic E-state index is 0.822. The Labute approximate surface area is 90.3 Å². The fraction of sp³-hybridized carbons (Fsp3) is 0.0769. The van der Waals surface area contributed by atoms with Gasteiger partial charge < -0.3 is 10.5 Å². The van der Waals surface area contributed by atoms with Gasteiger partial charge in [-0.15, -0.1) is 0 Å². The highest BCUT2D eigenvalue weighted by molar-refractivity contribution is 5.35. The molecular formula is C13H15NO. The highest BCUT2D eigenvalue weighted by Gasteiger charge is 1.80. The minimum Gasteiger partial charge on any atom is -0.497 e. The summed E-state index contributed by atoms with van der Waals surface area (Å²) in [5, 5.41) is 0. The number of rotatable bonds is 1. The maximum Gasteiger partial charge on any atom is 0.118 e. The third-order valence-corrected chi connectivity index (χ3v) is 1.78. The maximum absolute atomic E-state index is 5.36. The molecule has 0 aliphatic heterocycles. The number of anilines is 1. The van der Waals surface area contributed by atoms with Gasteiger partial charge in [0.25, 0.3) is 0 Å². The van der Waals surface area contributed by atoms with Gasteiger partial charge in [0.1, 0.15) is 5.75 Å². The van der Waals surface area contributed by atoms with Gasteiger partial charge in [0.2, 0.25) is 0 Å². The fourth-order valence-corrected chi connectivity index (χ4v) is 1.01. The van der Waals surface area contributed by atoms with Crippen LogP contribution >= 0.6 is 0 Å². The van der Waals surface area contributed by atoms with Crippen molar-refractivity contribution in [1.29, 1.82) is 0 Å². The number of benzene rings is 2. The van der Waals surface area contributed by atoms with E-state index in [-0.39, 0.29) is 0 Å². The lowest BCUT2D eigenvalue weighted by molar-refractivity contribution is 0.415. The summed E-state index contributed by atoms with van der Waals surface area (Å²) in [6.45, 7) is 0. The first-order valence-electron chi connectivity index (χ1n) is 4.72. The van der Waals surface area contributed by atoms with E-state index in [1.54, 1.807) is 7.11 Å². The van der Waals surface area contributed by atoms with E-state index in [2.05, 4.69) is 0 Å². The summed E-state index contributed by atoms with van der Waals surface area (Å²) in [5.74, 6) is 0.910. The molecule has 0 aromatic heterocycles. The Balaban J connectivity index is 0.000000151. The van der Waals surface area contributed by atoms with E-state index in [9.17, 15) is 0 Å². The molecular weight excluding hydrogens is 186 g/mol. The van der Waals surface area contributed by atoms with E-state index in [1.807, 2.05) is 60.7 Å². The number of hydrogen-bond acceptors (Lipinski definition) is 2. The lowest BCUT2D eigenvalue weighted by atomic mass is 10.3. The van der Waals surface area contributed by atoms with Crippen molar-refractivity contribution in [3.05, 3.63) is 60.7 Å². The van der Waals surface area contributed by atoms with Crippen molar-refractivity contribution in [3.8, 4) is 5.75 Å². The molecule has 0 saturated carbocycles. The Morgan fingerprint density at radius 1 is 0.800 bits per heavy atom. The van der Waals surface area contributed by atoms with Crippen LogP contribution in [0.1, 0.15) is 0 Å². The third kappa shape index (κ3) is 4.72. The van der Waals surface area contributed by atoms with Crippen LogP contribution in [-0.2, 0) is 0 Å². The molecule has 2 nitrogen and oxygen atoms in total. The van der Waals surface area contributed by atoms with Crippen LogP contribution in [0.2, 0.25) is 0 Å². The Kier molecular flexibility index (Phi) is 4.81. The quantitative estimate of drug-likeness (QED) is 0.720. The Hall–Kier alpha value is -1.96. The van der Waals surface area contributed by atoms with Crippen molar-refractivity contribution in [2.75, 3.05) is 12.8 Å². The SMILES string of the molecule is COc1ccccc1.Nc1ccccc1. The lowest BCUT2D eigenvalue weighted by Crippen LogP contribution is -1.79. The predicted molar refractivity (Wildman–Crippen MR) is 63.8 cm³/mol. The van der Waals surface area contributed by atoms with E-state index < -0.39 is 0 Å². The fourth-order valence-electron chi connectivity index (χ4n) is 1.01. The molecule has 78 valence electrons. The van der Waals surface area contributed by atoms with Gasteiger partial charge in [-0.1, -0.05) is 36.4 Å². The van der Waals surface area contributed by atoms with Crippen LogP contribution in [0.4, 0.5) is 5.69 Å². The van der Waals surface area contributed by atoms with Gasteiger partial charge in [0, 0.05) is 5.69 Å². The lowest BCUT2D eigenvalue weighted by Gasteiger charge is -1.93. The molecule has 2 aromatic rings. The first kappa shape index (κ1) is 11.1. The van der Waals surface area contributed by atoms with Crippen molar-refractivity contribution in [2.45, 2.75) is 0 Å². The van der Waals surface area contributed by atoms with Gasteiger partial charge in [0.15, 0.2) is 0 Å². The third-order valence-electron chi connectivity index (χ3n) is 1.78. The second-order valence-corrected chi connectivity index (χ2v) is 2.93. The smallest absolute Gasteiger partial charge is 0.118 e. The van der Waals surface area contributed by atoms with Crippen molar-refractivity contribution in [1.82, 2.24) is 0 Å². The summed E-state index contributed by atoms with van der Waals surface area (Å²) < 4.78 is 4.91. The zero-order valence-electron chi connectivity index (χ0n) is 8.76. The van der Waals surface area contributed by atoms with Crippen LogP contribution in [0.15, 0.2) is 60.7 Å². The van der Waals surface area contributed by atoms with E-state index in [4.69, 9.17) is 10.5 Å². The maximum atomic E-state index is 5.36. The molecule has 0 saturated heterocycles. The summed E-state index contributed by atoms with van der Waals surface area (Å²) >= 11 is 0. The summed E-state index contributed by atoms with van der Waals surface area (Å²) in [5.41, 5.74) is 6.18. The molecule has 0 amide bonds. The first-order valence-corrected chi connectivity index (χ1v) is 4.72. The number of nitrogens with two attached hydrogens (primary N) is 1. The summed E-state index contributed by atoms with van der Waals surface area (Å²) in [4.78, 5) is 0. The molecule has 0 heterocycles. The summed E-state index contributed by atoms with van der Waals surface area (Å²) in [7, 11) is 1.66. The Bertz CT molecular complexity index is 359. The molecule has 0 aliphatic carbocycles. The van der Waals surface area contributed by atoms with Gasteiger partial charge in [-0.3, -0.25) is 0 Å². The standard InChI is InChI=1S/C7H8O.C6H7N/c1-8-7-5-3-2-4-6-7;7-6-4-2-1-3-5-6/h2-6H,1H3;1-5H,7H2. The molecule has 2 heteroatoms. The van der Waals surface area contributed by atoms with Crippen molar-refractivity contribution in [3.63, 3.8) is 0 Å². The van der Waals surface area contributed by atoms with Crippen LogP contribution < -0.4 is 10.5 Å². The average molecular weight is 201 g/mol. The second-order valence-electron chi connectivity index (χ2n) is 2.93. The summed E-state index contributed by atoms with van der Waals surface area (Å²) in [6, 6.07) is 19.2. The molecule has 0 atom stereocenters. The van der Waals surface area contributed by atoms with Crippen LogP contribution in [-0.4, -0.2) is 7.11 Å². The zero-order chi connectivity index (χ0) is 10.9. The van der Waals surface area contributed by atoms with Gasteiger partial charge >= 0.3 is 0 Å².